The van der Waals surface area contributed by atoms with Gasteiger partial charge < -0.3 is 9.64 Å². The van der Waals surface area contributed by atoms with Crippen LogP contribution in [0.15, 0.2) is 54.2 Å². The van der Waals surface area contributed by atoms with Crippen molar-refractivity contribution in [1.29, 1.82) is 0 Å². The molecule has 0 N–H and O–H groups in total. The molecule has 0 amide bonds. The summed E-state index contributed by atoms with van der Waals surface area (Å²) < 4.78 is 5.84. The van der Waals surface area contributed by atoms with Crippen LogP contribution >= 0.6 is 11.3 Å². The number of hydrogen-bond donors (Lipinski definition) is 0. The van der Waals surface area contributed by atoms with Crippen molar-refractivity contribution in [1.82, 2.24) is 19.9 Å². The van der Waals surface area contributed by atoms with Crippen LogP contribution in [-0.2, 0) is 6.61 Å². The zero-order valence-electron chi connectivity index (χ0n) is 15.4. The molecule has 0 saturated carbocycles. The van der Waals surface area contributed by atoms with Crippen molar-refractivity contribution in [2.75, 3.05) is 31.1 Å². The third kappa shape index (κ3) is 4.43. The Morgan fingerprint density at radius 3 is 2.59 bits per heavy atom. The fourth-order valence-electron chi connectivity index (χ4n) is 3.20. The summed E-state index contributed by atoms with van der Waals surface area (Å²) in [4.78, 5) is 18.2. The average Bonchev–Trinajstić information content (AvgIpc) is 3.28. The second kappa shape index (κ2) is 8.45. The Balaban J connectivity index is 1.34. The first-order chi connectivity index (χ1) is 13.3. The van der Waals surface area contributed by atoms with Crippen LogP contribution in [-0.4, -0.2) is 46.0 Å². The molecule has 0 spiro atoms. The van der Waals surface area contributed by atoms with Crippen LogP contribution in [0.2, 0.25) is 0 Å². The van der Waals surface area contributed by atoms with Crippen molar-refractivity contribution < 1.29 is 4.74 Å². The predicted molar refractivity (Wildman–Crippen MR) is 107 cm³/mol. The lowest BCUT2D eigenvalue weighted by molar-refractivity contribution is 0.197. The van der Waals surface area contributed by atoms with Crippen molar-refractivity contribution in [3.8, 4) is 5.88 Å². The van der Waals surface area contributed by atoms with Crippen LogP contribution in [0.4, 0.5) is 5.95 Å². The molecule has 3 aromatic rings. The van der Waals surface area contributed by atoms with Crippen molar-refractivity contribution in [2.45, 2.75) is 19.6 Å². The summed E-state index contributed by atoms with van der Waals surface area (Å²) in [5.41, 5.74) is 1.13. The largest absolute Gasteiger partial charge is 0.473 e. The standard InChI is InChI=1S/C20H23N5OS/c1-16(19-21-9-14-27-19)24-10-12-25(13-11-24)20-22-8-7-18(23-20)26-15-17-5-3-2-4-6-17/h2-9,14,16H,10-13,15H2,1H3. The number of thiazole rings is 1. The molecule has 1 aromatic carbocycles. The molecule has 140 valence electrons. The first-order valence-electron chi connectivity index (χ1n) is 9.18. The highest BCUT2D eigenvalue weighted by atomic mass is 32.1. The summed E-state index contributed by atoms with van der Waals surface area (Å²) in [6, 6.07) is 12.3. The van der Waals surface area contributed by atoms with E-state index in [0.717, 1.165) is 37.7 Å². The lowest BCUT2D eigenvalue weighted by Crippen LogP contribution is -2.47. The molecular weight excluding hydrogens is 358 g/mol. The summed E-state index contributed by atoms with van der Waals surface area (Å²) in [6.45, 7) is 6.48. The summed E-state index contributed by atoms with van der Waals surface area (Å²) in [6.07, 6.45) is 3.65. The molecule has 1 aliphatic rings. The number of hydrogen-bond acceptors (Lipinski definition) is 7. The van der Waals surface area contributed by atoms with Gasteiger partial charge in [0.2, 0.25) is 11.8 Å². The van der Waals surface area contributed by atoms with E-state index in [1.807, 2.05) is 48.0 Å². The molecule has 0 bridgehead atoms. The molecule has 1 fully saturated rings. The van der Waals surface area contributed by atoms with Crippen molar-refractivity contribution in [3.63, 3.8) is 0 Å². The number of benzene rings is 1. The van der Waals surface area contributed by atoms with Gasteiger partial charge in [0.15, 0.2) is 0 Å². The Bertz CT molecular complexity index is 835. The summed E-state index contributed by atoms with van der Waals surface area (Å²) >= 11 is 1.72. The lowest BCUT2D eigenvalue weighted by atomic mass is 10.2. The molecule has 1 atom stereocenters. The SMILES string of the molecule is CC(c1nccs1)N1CCN(c2nccc(OCc3ccccc3)n2)CC1. The molecule has 0 radical (unpaired) electrons. The van der Waals surface area contributed by atoms with E-state index < -0.39 is 0 Å². The molecule has 7 heteroatoms. The summed E-state index contributed by atoms with van der Waals surface area (Å²) in [7, 11) is 0. The van der Waals surface area contributed by atoms with E-state index in [1.165, 1.54) is 5.01 Å². The van der Waals surface area contributed by atoms with Crippen LogP contribution in [0.1, 0.15) is 23.5 Å². The fourth-order valence-corrected chi connectivity index (χ4v) is 3.93. The van der Waals surface area contributed by atoms with E-state index in [9.17, 15) is 0 Å². The maximum Gasteiger partial charge on any atom is 0.228 e. The van der Waals surface area contributed by atoms with Gasteiger partial charge in [-0.25, -0.2) is 9.97 Å². The van der Waals surface area contributed by atoms with Gasteiger partial charge in [-0.3, -0.25) is 4.90 Å². The summed E-state index contributed by atoms with van der Waals surface area (Å²) in [5.74, 6) is 1.35. The Hall–Kier alpha value is -2.51. The molecule has 27 heavy (non-hydrogen) atoms. The highest BCUT2D eigenvalue weighted by Gasteiger charge is 2.24. The Morgan fingerprint density at radius 1 is 1.04 bits per heavy atom. The maximum absolute atomic E-state index is 5.84. The monoisotopic (exact) mass is 381 g/mol. The van der Waals surface area contributed by atoms with Gasteiger partial charge in [0.1, 0.15) is 11.6 Å². The van der Waals surface area contributed by atoms with Crippen LogP contribution in [0, 0.1) is 0 Å². The minimum absolute atomic E-state index is 0.355. The fraction of sp³-hybridized carbons (Fsp3) is 0.350. The van der Waals surface area contributed by atoms with E-state index >= 15 is 0 Å². The third-order valence-electron chi connectivity index (χ3n) is 4.80. The second-order valence-corrected chi connectivity index (χ2v) is 7.46. The van der Waals surface area contributed by atoms with Crippen molar-refractivity contribution in [3.05, 3.63) is 64.7 Å². The number of piperazine rings is 1. The minimum Gasteiger partial charge on any atom is -0.473 e. The van der Waals surface area contributed by atoms with E-state index in [2.05, 4.69) is 31.7 Å². The van der Waals surface area contributed by atoms with Crippen LogP contribution in [0.5, 0.6) is 5.88 Å². The molecule has 0 aliphatic carbocycles. The molecule has 1 aliphatic heterocycles. The average molecular weight is 382 g/mol. The molecular formula is C20H23N5OS. The number of ether oxygens (including phenoxy) is 1. The zero-order valence-corrected chi connectivity index (χ0v) is 16.2. The molecule has 4 rings (SSSR count). The first-order valence-corrected chi connectivity index (χ1v) is 10.1. The number of rotatable bonds is 6. The molecule has 6 nitrogen and oxygen atoms in total. The Labute approximate surface area is 163 Å². The van der Waals surface area contributed by atoms with Crippen molar-refractivity contribution >= 4 is 17.3 Å². The molecule has 1 unspecified atom stereocenters. The molecule has 1 saturated heterocycles. The normalized spacial score (nSPS) is 16.3. The Kier molecular flexibility index (Phi) is 5.60. The van der Waals surface area contributed by atoms with Gasteiger partial charge in [-0.1, -0.05) is 30.3 Å². The van der Waals surface area contributed by atoms with Crippen LogP contribution in [0.3, 0.4) is 0 Å². The molecule has 3 heterocycles. The van der Waals surface area contributed by atoms with Gasteiger partial charge in [0.25, 0.3) is 0 Å². The van der Waals surface area contributed by atoms with E-state index in [1.54, 1.807) is 17.5 Å². The van der Waals surface area contributed by atoms with E-state index in [4.69, 9.17) is 4.74 Å². The van der Waals surface area contributed by atoms with Crippen LogP contribution in [0.25, 0.3) is 0 Å². The zero-order chi connectivity index (χ0) is 18.5. The van der Waals surface area contributed by atoms with Crippen molar-refractivity contribution in [2.24, 2.45) is 0 Å². The minimum atomic E-state index is 0.355. The maximum atomic E-state index is 5.84. The lowest BCUT2D eigenvalue weighted by Gasteiger charge is -2.37. The summed E-state index contributed by atoms with van der Waals surface area (Å²) in [5, 5.41) is 3.22. The van der Waals surface area contributed by atoms with Gasteiger partial charge in [-0.15, -0.1) is 11.3 Å². The van der Waals surface area contributed by atoms with Gasteiger partial charge >= 0.3 is 0 Å². The van der Waals surface area contributed by atoms with Gasteiger partial charge in [0.05, 0.1) is 6.04 Å². The van der Waals surface area contributed by atoms with E-state index in [-0.39, 0.29) is 0 Å². The smallest absolute Gasteiger partial charge is 0.228 e. The van der Waals surface area contributed by atoms with Crippen LogP contribution < -0.4 is 9.64 Å². The predicted octanol–water partition coefficient (Wildman–Crippen LogP) is 3.40. The number of aromatic nitrogens is 3. The number of nitrogens with zero attached hydrogens (tertiary/aromatic N) is 5. The highest BCUT2D eigenvalue weighted by molar-refractivity contribution is 7.09. The molecule has 2 aromatic heterocycles. The number of anilines is 1. The van der Waals surface area contributed by atoms with E-state index in [0.29, 0.717) is 18.5 Å². The Morgan fingerprint density at radius 2 is 1.85 bits per heavy atom. The topological polar surface area (TPSA) is 54.4 Å². The third-order valence-corrected chi connectivity index (χ3v) is 5.75. The highest BCUT2D eigenvalue weighted by Crippen LogP contribution is 2.24. The second-order valence-electron chi connectivity index (χ2n) is 6.54. The first kappa shape index (κ1) is 17.9. The quantitative estimate of drug-likeness (QED) is 0.652. The van der Waals surface area contributed by atoms with Gasteiger partial charge in [-0.05, 0) is 12.5 Å². The van der Waals surface area contributed by atoms with Gasteiger partial charge in [-0.2, -0.15) is 4.98 Å². The van der Waals surface area contributed by atoms with Gasteiger partial charge in [0, 0.05) is 50.0 Å².